The SMILES string of the molecule is CC(c1ccccc1F)N(C)c1ccc(C(N)=NO)cc1. The highest BCUT2D eigenvalue weighted by Crippen LogP contribution is 2.27. The summed E-state index contributed by atoms with van der Waals surface area (Å²) in [4.78, 5) is 1.97. The van der Waals surface area contributed by atoms with E-state index in [1.807, 2.05) is 37.1 Å². The highest BCUT2D eigenvalue weighted by atomic mass is 19.1. The Morgan fingerprint density at radius 2 is 1.81 bits per heavy atom. The standard InChI is InChI=1S/C16H18FN3O/c1-11(14-5-3-4-6-15(14)17)20(2)13-9-7-12(8-10-13)16(18)19-21/h3-11,21H,1-2H3,(H2,18,19). The number of hydrogen-bond acceptors (Lipinski definition) is 3. The Morgan fingerprint density at radius 3 is 2.38 bits per heavy atom. The minimum absolute atomic E-state index is 0.0614. The number of benzene rings is 2. The molecule has 0 aliphatic rings. The van der Waals surface area contributed by atoms with Crippen LogP contribution in [0.4, 0.5) is 10.1 Å². The van der Waals surface area contributed by atoms with Gasteiger partial charge in [0.2, 0.25) is 0 Å². The topological polar surface area (TPSA) is 61.8 Å². The van der Waals surface area contributed by atoms with Gasteiger partial charge in [0.25, 0.3) is 0 Å². The highest BCUT2D eigenvalue weighted by Gasteiger charge is 2.15. The molecule has 2 rings (SSSR count). The number of nitrogens with two attached hydrogens (primary N) is 1. The molecule has 2 aromatic rings. The quantitative estimate of drug-likeness (QED) is 0.393. The van der Waals surface area contributed by atoms with Gasteiger partial charge >= 0.3 is 0 Å². The van der Waals surface area contributed by atoms with E-state index in [1.165, 1.54) is 6.07 Å². The summed E-state index contributed by atoms with van der Waals surface area (Å²) < 4.78 is 13.8. The van der Waals surface area contributed by atoms with Gasteiger partial charge in [0, 0.05) is 23.9 Å². The van der Waals surface area contributed by atoms with Crippen LogP contribution < -0.4 is 10.6 Å². The summed E-state index contributed by atoms with van der Waals surface area (Å²) in [5.41, 5.74) is 7.72. The van der Waals surface area contributed by atoms with Crippen molar-refractivity contribution in [3.8, 4) is 0 Å². The van der Waals surface area contributed by atoms with E-state index in [4.69, 9.17) is 10.9 Å². The molecule has 1 unspecified atom stereocenters. The van der Waals surface area contributed by atoms with Crippen molar-refractivity contribution in [3.63, 3.8) is 0 Å². The molecule has 0 aliphatic carbocycles. The van der Waals surface area contributed by atoms with Crippen LogP contribution in [0.3, 0.4) is 0 Å². The molecule has 0 spiro atoms. The molecule has 2 aromatic carbocycles. The second-order valence-electron chi connectivity index (χ2n) is 4.84. The van der Waals surface area contributed by atoms with E-state index in [0.717, 1.165) is 5.69 Å². The van der Waals surface area contributed by atoms with Crippen molar-refractivity contribution in [1.29, 1.82) is 0 Å². The van der Waals surface area contributed by atoms with Crippen molar-refractivity contribution < 1.29 is 9.60 Å². The van der Waals surface area contributed by atoms with Crippen LogP contribution in [-0.4, -0.2) is 18.1 Å². The first kappa shape index (κ1) is 14.8. The summed E-state index contributed by atoms with van der Waals surface area (Å²) in [5.74, 6) is -0.156. The molecule has 0 saturated carbocycles. The zero-order valence-corrected chi connectivity index (χ0v) is 12.0. The predicted octanol–water partition coefficient (Wildman–Crippen LogP) is 3.12. The number of anilines is 1. The maximum absolute atomic E-state index is 13.8. The third-order valence-corrected chi connectivity index (χ3v) is 3.61. The van der Waals surface area contributed by atoms with Crippen molar-refractivity contribution in [2.45, 2.75) is 13.0 Å². The number of halogens is 1. The fourth-order valence-corrected chi connectivity index (χ4v) is 2.17. The highest BCUT2D eigenvalue weighted by molar-refractivity contribution is 5.97. The summed E-state index contributed by atoms with van der Waals surface area (Å²) in [6.45, 7) is 1.94. The van der Waals surface area contributed by atoms with Crippen molar-refractivity contribution >= 4 is 11.5 Å². The van der Waals surface area contributed by atoms with Crippen LogP contribution in [0.25, 0.3) is 0 Å². The number of hydrogen-bond donors (Lipinski definition) is 2. The first-order chi connectivity index (χ1) is 10.0. The third-order valence-electron chi connectivity index (χ3n) is 3.61. The molecule has 0 amide bonds. The van der Waals surface area contributed by atoms with E-state index in [2.05, 4.69) is 5.16 Å². The Morgan fingerprint density at radius 1 is 1.19 bits per heavy atom. The smallest absolute Gasteiger partial charge is 0.170 e. The van der Waals surface area contributed by atoms with Gasteiger partial charge in [0.15, 0.2) is 5.84 Å². The van der Waals surface area contributed by atoms with Gasteiger partial charge in [-0.05, 0) is 37.3 Å². The average molecular weight is 287 g/mol. The normalized spacial score (nSPS) is 13.0. The molecule has 0 radical (unpaired) electrons. The fraction of sp³-hybridized carbons (Fsp3) is 0.188. The Kier molecular flexibility index (Phi) is 4.42. The lowest BCUT2D eigenvalue weighted by Crippen LogP contribution is -2.22. The molecule has 21 heavy (non-hydrogen) atoms. The fourth-order valence-electron chi connectivity index (χ4n) is 2.17. The van der Waals surface area contributed by atoms with Gasteiger partial charge in [-0.15, -0.1) is 0 Å². The molecule has 0 fully saturated rings. The van der Waals surface area contributed by atoms with Gasteiger partial charge in [0.05, 0.1) is 6.04 Å². The first-order valence-corrected chi connectivity index (χ1v) is 6.60. The van der Waals surface area contributed by atoms with Crippen LogP contribution in [0.15, 0.2) is 53.7 Å². The molecule has 1 atom stereocenters. The lowest BCUT2D eigenvalue weighted by atomic mass is 10.1. The molecule has 0 bridgehead atoms. The van der Waals surface area contributed by atoms with Crippen LogP contribution in [0.2, 0.25) is 0 Å². The van der Waals surface area contributed by atoms with Gasteiger partial charge in [-0.25, -0.2) is 4.39 Å². The van der Waals surface area contributed by atoms with Crippen LogP contribution in [0.1, 0.15) is 24.1 Å². The second kappa shape index (κ2) is 6.26. The molecule has 4 nitrogen and oxygen atoms in total. The lowest BCUT2D eigenvalue weighted by Gasteiger charge is -2.27. The van der Waals surface area contributed by atoms with Crippen molar-refractivity contribution in [1.82, 2.24) is 0 Å². The molecular weight excluding hydrogens is 269 g/mol. The monoisotopic (exact) mass is 287 g/mol. The van der Waals surface area contributed by atoms with Gasteiger partial charge in [0.1, 0.15) is 5.82 Å². The summed E-state index contributed by atoms with van der Waals surface area (Å²) >= 11 is 0. The third kappa shape index (κ3) is 3.13. The van der Waals surface area contributed by atoms with Crippen molar-refractivity contribution in [2.24, 2.45) is 10.9 Å². The predicted molar refractivity (Wildman–Crippen MR) is 82.2 cm³/mol. The zero-order chi connectivity index (χ0) is 15.4. The first-order valence-electron chi connectivity index (χ1n) is 6.60. The molecule has 0 heterocycles. The van der Waals surface area contributed by atoms with E-state index in [9.17, 15) is 4.39 Å². The molecule has 0 saturated heterocycles. The van der Waals surface area contributed by atoms with E-state index < -0.39 is 0 Å². The minimum atomic E-state index is -0.217. The Balaban J connectivity index is 2.24. The summed E-state index contributed by atoms with van der Waals surface area (Å²) in [5, 5.41) is 11.6. The zero-order valence-electron chi connectivity index (χ0n) is 12.0. The van der Waals surface area contributed by atoms with Crippen LogP contribution in [0, 0.1) is 5.82 Å². The summed E-state index contributed by atoms with van der Waals surface area (Å²) in [6, 6.07) is 13.9. The number of amidine groups is 1. The number of rotatable bonds is 4. The molecule has 0 aliphatic heterocycles. The van der Waals surface area contributed by atoms with Gasteiger partial charge in [-0.3, -0.25) is 0 Å². The second-order valence-corrected chi connectivity index (χ2v) is 4.84. The van der Waals surface area contributed by atoms with Crippen LogP contribution in [-0.2, 0) is 0 Å². The van der Waals surface area contributed by atoms with E-state index in [1.54, 1.807) is 24.3 Å². The molecule has 3 N–H and O–H groups in total. The number of nitrogens with zero attached hydrogens (tertiary/aromatic N) is 2. The van der Waals surface area contributed by atoms with Crippen molar-refractivity contribution in [3.05, 3.63) is 65.5 Å². The summed E-state index contributed by atoms with van der Waals surface area (Å²) in [6.07, 6.45) is 0. The van der Waals surface area contributed by atoms with Crippen LogP contribution >= 0.6 is 0 Å². The maximum Gasteiger partial charge on any atom is 0.170 e. The van der Waals surface area contributed by atoms with Crippen molar-refractivity contribution in [2.75, 3.05) is 11.9 Å². The van der Waals surface area contributed by atoms with Crippen LogP contribution in [0.5, 0.6) is 0 Å². The maximum atomic E-state index is 13.8. The van der Waals surface area contributed by atoms with E-state index in [0.29, 0.717) is 11.1 Å². The Hall–Kier alpha value is -2.56. The molecule has 0 aromatic heterocycles. The minimum Gasteiger partial charge on any atom is -0.409 e. The molecular formula is C16H18FN3O. The average Bonchev–Trinajstić information content (AvgIpc) is 2.53. The Labute approximate surface area is 123 Å². The van der Waals surface area contributed by atoms with E-state index >= 15 is 0 Å². The lowest BCUT2D eigenvalue weighted by molar-refractivity contribution is 0.318. The van der Waals surface area contributed by atoms with Gasteiger partial charge < -0.3 is 15.8 Å². The van der Waals surface area contributed by atoms with E-state index in [-0.39, 0.29) is 17.7 Å². The Bertz CT molecular complexity index is 640. The largest absolute Gasteiger partial charge is 0.409 e. The van der Waals surface area contributed by atoms with Gasteiger partial charge in [-0.2, -0.15) is 0 Å². The van der Waals surface area contributed by atoms with Gasteiger partial charge in [-0.1, -0.05) is 23.4 Å². The molecule has 5 heteroatoms. The summed E-state index contributed by atoms with van der Waals surface area (Å²) in [7, 11) is 1.90. The number of oxime groups is 1. The molecule has 110 valence electrons.